The molecule has 1 aromatic rings. The molecular weight excluding hydrogens is 300 g/mol. The summed E-state index contributed by atoms with van der Waals surface area (Å²) in [6.07, 6.45) is 0. The minimum atomic E-state index is -3.85. The van der Waals surface area contributed by atoms with Crippen molar-refractivity contribution >= 4 is 33.0 Å². The van der Waals surface area contributed by atoms with Gasteiger partial charge in [0, 0.05) is 10.6 Å². The van der Waals surface area contributed by atoms with E-state index in [1.165, 1.54) is 25.1 Å². The lowest BCUT2D eigenvalue weighted by molar-refractivity contribution is -0.121. The molecule has 1 unspecified atom stereocenters. The summed E-state index contributed by atoms with van der Waals surface area (Å²) in [5.41, 5.74) is 5.20. The molecule has 1 aromatic carbocycles. The zero-order valence-electron chi connectivity index (χ0n) is 11.9. The number of benzene rings is 1. The number of anilines is 1. The number of carbonyl (C=O) groups is 1. The van der Waals surface area contributed by atoms with Crippen molar-refractivity contribution in [3.05, 3.63) is 23.2 Å². The third-order valence-corrected chi connectivity index (χ3v) is 4.98. The van der Waals surface area contributed by atoms with Crippen molar-refractivity contribution in [3.8, 4) is 0 Å². The molecule has 112 valence electrons. The molecular formula is C13H19ClN2O3S. The largest absolute Gasteiger partial charge is 0.398 e. The Morgan fingerprint density at radius 3 is 2.35 bits per heavy atom. The summed E-state index contributed by atoms with van der Waals surface area (Å²) in [6.45, 7) is 6.67. The number of nitrogens with one attached hydrogen (secondary N) is 1. The molecule has 0 aliphatic carbocycles. The van der Waals surface area contributed by atoms with E-state index in [-0.39, 0.29) is 10.6 Å². The van der Waals surface area contributed by atoms with E-state index in [0.29, 0.717) is 5.02 Å². The average molecular weight is 319 g/mol. The second kappa shape index (κ2) is 5.61. The van der Waals surface area contributed by atoms with Crippen LogP contribution in [0.3, 0.4) is 0 Å². The smallest absolute Gasteiger partial charge is 0.238 e. The summed E-state index contributed by atoms with van der Waals surface area (Å²) in [6, 6.07) is 4.09. The number of nitrogen functional groups attached to an aromatic ring is 1. The molecule has 7 heteroatoms. The number of rotatable bonds is 3. The highest BCUT2D eigenvalue weighted by Crippen LogP contribution is 2.26. The SMILES string of the molecule is CC(C(=O)NC(C)(C)C)S(=O)(=O)c1ccc(Cl)cc1N. The van der Waals surface area contributed by atoms with E-state index in [9.17, 15) is 13.2 Å². The molecule has 0 aliphatic rings. The predicted molar refractivity (Wildman–Crippen MR) is 80.4 cm³/mol. The van der Waals surface area contributed by atoms with Gasteiger partial charge in [-0.3, -0.25) is 4.79 Å². The van der Waals surface area contributed by atoms with E-state index in [4.69, 9.17) is 17.3 Å². The summed E-state index contributed by atoms with van der Waals surface area (Å²) in [4.78, 5) is 11.9. The summed E-state index contributed by atoms with van der Waals surface area (Å²) >= 11 is 5.74. The Morgan fingerprint density at radius 2 is 1.90 bits per heavy atom. The maximum absolute atomic E-state index is 12.4. The van der Waals surface area contributed by atoms with Crippen LogP contribution >= 0.6 is 11.6 Å². The van der Waals surface area contributed by atoms with E-state index < -0.39 is 26.5 Å². The average Bonchev–Trinajstić information content (AvgIpc) is 2.24. The van der Waals surface area contributed by atoms with Gasteiger partial charge in [-0.2, -0.15) is 0 Å². The topological polar surface area (TPSA) is 89.3 Å². The third kappa shape index (κ3) is 3.86. The molecule has 0 radical (unpaired) electrons. The number of hydrogen-bond donors (Lipinski definition) is 2. The van der Waals surface area contributed by atoms with Crippen LogP contribution in [0.5, 0.6) is 0 Å². The van der Waals surface area contributed by atoms with Crippen LogP contribution in [0.4, 0.5) is 5.69 Å². The molecule has 0 fully saturated rings. The van der Waals surface area contributed by atoms with Gasteiger partial charge in [-0.15, -0.1) is 0 Å². The first-order valence-electron chi connectivity index (χ1n) is 6.06. The molecule has 20 heavy (non-hydrogen) atoms. The molecule has 0 saturated carbocycles. The Hall–Kier alpha value is -1.27. The van der Waals surface area contributed by atoms with Crippen LogP contribution in [0.15, 0.2) is 23.1 Å². The zero-order chi connectivity index (χ0) is 15.7. The normalized spacial score (nSPS) is 13.8. The van der Waals surface area contributed by atoms with E-state index in [2.05, 4.69) is 5.32 Å². The Morgan fingerprint density at radius 1 is 1.35 bits per heavy atom. The number of amides is 1. The molecule has 1 atom stereocenters. The van der Waals surface area contributed by atoms with Crippen LogP contribution in [0.1, 0.15) is 27.7 Å². The Kier molecular flexibility index (Phi) is 4.71. The van der Waals surface area contributed by atoms with Crippen molar-refractivity contribution in [2.45, 2.75) is 43.4 Å². The van der Waals surface area contributed by atoms with E-state index in [1.807, 2.05) is 0 Å². The van der Waals surface area contributed by atoms with Crippen molar-refractivity contribution in [1.82, 2.24) is 5.32 Å². The lowest BCUT2D eigenvalue weighted by Gasteiger charge is -2.23. The quantitative estimate of drug-likeness (QED) is 0.834. The minimum absolute atomic E-state index is 0.0351. The fourth-order valence-corrected chi connectivity index (χ4v) is 3.13. The van der Waals surface area contributed by atoms with Crippen molar-refractivity contribution in [1.29, 1.82) is 0 Å². The first-order chi connectivity index (χ1) is 8.95. The van der Waals surface area contributed by atoms with E-state index in [0.717, 1.165) is 0 Å². The van der Waals surface area contributed by atoms with Gasteiger partial charge in [0.2, 0.25) is 5.91 Å². The van der Waals surface area contributed by atoms with Crippen molar-refractivity contribution < 1.29 is 13.2 Å². The van der Waals surface area contributed by atoms with Crippen molar-refractivity contribution in [2.24, 2.45) is 0 Å². The summed E-state index contributed by atoms with van der Waals surface area (Å²) < 4.78 is 24.8. The Bertz CT molecular complexity index is 621. The van der Waals surface area contributed by atoms with E-state index in [1.54, 1.807) is 20.8 Å². The maximum atomic E-state index is 12.4. The van der Waals surface area contributed by atoms with Gasteiger partial charge in [0.25, 0.3) is 0 Å². The highest BCUT2D eigenvalue weighted by Gasteiger charge is 2.32. The monoisotopic (exact) mass is 318 g/mol. The van der Waals surface area contributed by atoms with Gasteiger partial charge in [-0.1, -0.05) is 11.6 Å². The third-order valence-electron chi connectivity index (χ3n) is 2.61. The van der Waals surface area contributed by atoms with Crippen LogP contribution in [0, 0.1) is 0 Å². The van der Waals surface area contributed by atoms with Crippen LogP contribution < -0.4 is 11.1 Å². The molecule has 0 saturated heterocycles. The Balaban J connectivity index is 3.13. The van der Waals surface area contributed by atoms with Gasteiger partial charge in [-0.25, -0.2) is 8.42 Å². The zero-order valence-corrected chi connectivity index (χ0v) is 13.5. The van der Waals surface area contributed by atoms with Gasteiger partial charge in [-0.05, 0) is 45.9 Å². The number of sulfone groups is 1. The van der Waals surface area contributed by atoms with Crippen LogP contribution in [-0.2, 0) is 14.6 Å². The van der Waals surface area contributed by atoms with Gasteiger partial charge < -0.3 is 11.1 Å². The molecule has 0 bridgehead atoms. The van der Waals surface area contributed by atoms with E-state index >= 15 is 0 Å². The maximum Gasteiger partial charge on any atom is 0.238 e. The molecule has 1 rings (SSSR count). The summed E-state index contributed by atoms with van der Waals surface area (Å²) in [7, 11) is -3.85. The fraction of sp³-hybridized carbons (Fsp3) is 0.462. The molecule has 0 spiro atoms. The van der Waals surface area contributed by atoms with Gasteiger partial charge in [0.05, 0.1) is 10.6 Å². The Labute approximate surface area is 124 Å². The van der Waals surface area contributed by atoms with Crippen molar-refractivity contribution in [2.75, 3.05) is 5.73 Å². The molecule has 1 amide bonds. The van der Waals surface area contributed by atoms with Gasteiger partial charge in [0.15, 0.2) is 9.84 Å². The first kappa shape index (κ1) is 16.8. The molecule has 0 heterocycles. The molecule has 5 nitrogen and oxygen atoms in total. The first-order valence-corrected chi connectivity index (χ1v) is 7.98. The fourth-order valence-electron chi connectivity index (χ4n) is 1.58. The van der Waals surface area contributed by atoms with Gasteiger partial charge >= 0.3 is 0 Å². The van der Waals surface area contributed by atoms with Gasteiger partial charge in [0.1, 0.15) is 5.25 Å². The predicted octanol–water partition coefficient (Wildman–Crippen LogP) is 2.00. The number of carbonyl (C=O) groups excluding carboxylic acids is 1. The number of nitrogens with two attached hydrogens (primary N) is 1. The number of halogens is 1. The standard InChI is InChI=1S/C13H19ClN2O3S/c1-8(12(17)16-13(2,3)4)20(18,19)11-6-5-9(14)7-10(11)15/h5-8H,15H2,1-4H3,(H,16,17). The lowest BCUT2D eigenvalue weighted by Crippen LogP contribution is -2.47. The highest BCUT2D eigenvalue weighted by atomic mass is 35.5. The second-order valence-electron chi connectivity index (χ2n) is 5.61. The number of hydrogen-bond acceptors (Lipinski definition) is 4. The minimum Gasteiger partial charge on any atom is -0.398 e. The summed E-state index contributed by atoms with van der Waals surface area (Å²) in [5.74, 6) is -0.563. The van der Waals surface area contributed by atoms with Crippen molar-refractivity contribution in [3.63, 3.8) is 0 Å². The molecule has 0 aromatic heterocycles. The molecule has 0 aliphatic heterocycles. The molecule has 3 N–H and O–H groups in total. The summed E-state index contributed by atoms with van der Waals surface area (Å²) in [5, 5.41) is 1.75. The lowest BCUT2D eigenvalue weighted by atomic mass is 10.1. The van der Waals surface area contributed by atoms with Crippen LogP contribution in [0.25, 0.3) is 0 Å². The second-order valence-corrected chi connectivity index (χ2v) is 8.28. The van der Waals surface area contributed by atoms with Crippen LogP contribution in [-0.4, -0.2) is 25.1 Å². The highest BCUT2D eigenvalue weighted by molar-refractivity contribution is 7.93. The van der Waals surface area contributed by atoms with Crippen LogP contribution in [0.2, 0.25) is 5.02 Å².